The molecule has 1 heterocycles. The van der Waals surface area contributed by atoms with Crippen LogP contribution in [0, 0.1) is 5.41 Å². The summed E-state index contributed by atoms with van der Waals surface area (Å²) >= 11 is 0. The number of nitrogens with zero attached hydrogens (tertiary/aromatic N) is 3. The van der Waals surface area contributed by atoms with E-state index >= 15 is 0 Å². The highest BCUT2D eigenvalue weighted by atomic mass is 16.6. The number of rotatable bonds is 5. The van der Waals surface area contributed by atoms with Crippen molar-refractivity contribution in [2.75, 3.05) is 6.61 Å². The van der Waals surface area contributed by atoms with Gasteiger partial charge in [-0.05, 0) is 31.9 Å². The number of hydrogen-bond donors (Lipinski definition) is 0. The first-order valence-electron chi connectivity index (χ1n) is 8.77. The molecule has 0 N–H and O–H groups in total. The maximum absolute atomic E-state index is 12.4. The zero-order valence-electron chi connectivity index (χ0n) is 14.2. The molecule has 0 saturated heterocycles. The monoisotopic (exact) mass is 343 g/mol. The highest BCUT2D eigenvalue weighted by Gasteiger charge is 2.61. The first-order chi connectivity index (χ1) is 12.1. The second-order valence-corrected chi connectivity index (χ2v) is 6.81. The quantitative estimate of drug-likeness (QED) is 0.768. The van der Waals surface area contributed by atoms with E-state index < -0.39 is 5.97 Å². The van der Waals surface area contributed by atoms with Gasteiger partial charge in [-0.2, -0.15) is 4.68 Å². The number of benzene rings is 1. The first-order valence-corrected chi connectivity index (χ1v) is 8.77. The fraction of sp³-hybridized carbons (Fsp3) is 0.556. The van der Waals surface area contributed by atoms with E-state index in [2.05, 4.69) is 10.3 Å². The molecule has 1 aromatic carbocycles. The largest absolute Gasteiger partial charge is 0.460 e. The summed E-state index contributed by atoms with van der Waals surface area (Å²) in [5.41, 5.74) is 0.178. The van der Waals surface area contributed by atoms with Crippen molar-refractivity contribution in [1.82, 2.24) is 15.0 Å². The predicted molar refractivity (Wildman–Crippen MR) is 90.0 cm³/mol. The van der Waals surface area contributed by atoms with E-state index in [-0.39, 0.29) is 29.7 Å². The van der Waals surface area contributed by atoms with Gasteiger partial charge in [0.1, 0.15) is 18.2 Å². The summed E-state index contributed by atoms with van der Waals surface area (Å²) < 4.78 is 12.5. The Morgan fingerprint density at radius 1 is 1.32 bits per heavy atom. The summed E-state index contributed by atoms with van der Waals surface area (Å²) in [6.07, 6.45) is 4.02. The van der Waals surface area contributed by atoms with Gasteiger partial charge >= 0.3 is 5.97 Å². The Balaban J connectivity index is 1.45. The van der Waals surface area contributed by atoms with Crippen molar-refractivity contribution in [1.29, 1.82) is 0 Å². The number of aromatic nitrogens is 3. The van der Waals surface area contributed by atoms with E-state index in [1.807, 2.05) is 6.92 Å². The van der Waals surface area contributed by atoms with Crippen LogP contribution >= 0.6 is 0 Å². The molecular weight excluding hydrogens is 322 g/mol. The molecule has 2 aromatic rings. The van der Waals surface area contributed by atoms with Gasteiger partial charge in [0.15, 0.2) is 0 Å². The molecule has 1 spiro atoms. The van der Waals surface area contributed by atoms with Crippen LogP contribution < -0.4 is 5.56 Å². The van der Waals surface area contributed by atoms with Gasteiger partial charge in [0.2, 0.25) is 0 Å². The highest BCUT2D eigenvalue weighted by molar-refractivity contribution is 5.77. The van der Waals surface area contributed by atoms with Crippen molar-refractivity contribution in [3.63, 3.8) is 0 Å². The molecule has 132 valence electrons. The van der Waals surface area contributed by atoms with Crippen LogP contribution in [0.25, 0.3) is 10.9 Å². The van der Waals surface area contributed by atoms with Crippen LogP contribution in [0.5, 0.6) is 0 Å². The van der Waals surface area contributed by atoms with Gasteiger partial charge in [0.05, 0.1) is 11.5 Å². The van der Waals surface area contributed by atoms with Gasteiger partial charge in [-0.15, -0.1) is 5.10 Å². The van der Waals surface area contributed by atoms with Crippen molar-refractivity contribution >= 4 is 16.9 Å². The summed E-state index contributed by atoms with van der Waals surface area (Å²) in [6.45, 7) is 2.44. The average Bonchev–Trinajstić information content (AvgIpc) is 2.55. The van der Waals surface area contributed by atoms with Gasteiger partial charge in [-0.25, -0.2) is 0 Å². The molecule has 0 aliphatic heterocycles. The molecule has 1 aromatic heterocycles. The zero-order chi connectivity index (χ0) is 17.4. The van der Waals surface area contributed by atoms with Gasteiger partial charge < -0.3 is 9.47 Å². The van der Waals surface area contributed by atoms with Crippen LogP contribution in [0.3, 0.4) is 0 Å². The lowest BCUT2D eigenvalue weighted by Crippen LogP contribution is -2.63. The molecule has 2 saturated carbocycles. The molecule has 2 aliphatic carbocycles. The fourth-order valence-corrected chi connectivity index (χ4v) is 3.99. The Bertz CT molecular complexity index is 859. The fourth-order valence-electron chi connectivity index (χ4n) is 3.99. The summed E-state index contributed by atoms with van der Waals surface area (Å²) in [7, 11) is 0. The Labute approximate surface area is 144 Å². The van der Waals surface area contributed by atoms with Crippen molar-refractivity contribution in [3.8, 4) is 0 Å². The second-order valence-electron chi connectivity index (χ2n) is 6.81. The average molecular weight is 343 g/mol. The molecule has 2 atom stereocenters. The SMILES string of the molecule is CCOC1CC(OC(=O)Cn2nnc3ccccc3c2=O)C12CCC2. The standard InChI is InChI=1S/C18H21N3O4/c1-2-24-14-10-15(18(14)8-5-9-18)25-16(22)11-21-17(23)12-6-3-4-7-13(12)19-20-21/h3-4,6-7,14-15H,2,5,8-11H2,1H3. The molecule has 7 nitrogen and oxygen atoms in total. The maximum Gasteiger partial charge on any atom is 0.328 e. The van der Waals surface area contributed by atoms with Crippen molar-refractivity contribution < 1.29 is 14.3 Å². The predicted octanol–water partition coefficient (Wildman–Crippen LogP) is 1.68. The van der Waals surface area contributed by atoms with Gasteiger partial charge in [-0.1, -0.05) is 23.8 Å². The van der Waals surface area contributed by atoms with Crippen LogP contribution in [0.15, 0.2) is 29.1 Å². The Hall–Kier alpha value is -2.28. The van der Waals surface area contributed by atoms with E-state index in [1.165, 1.54) is 0 Å². The van der Waals surface area contributed by atoms with Crippen molar-refractivity contribution in [2.24, 2.45) is 5.41 Å². The normalized spacial score (nSPS) is 23.9. The molecule has 4 rings (SSSR count). The minimum Gasteiger partial charge on any atom is -0.460 e. The third kappa shape index (κ3) is 2.63. The first kappa shape index (κ1) is 16.2. The summed E-state index contributed by atoms with van der Waals surface area (Å²) in [5.74, 6) is -0.446. The van der Waals surface area contributed by atoms with E-state index in [0.29, 0.717) is 17.5 Å². The van der Waals surface area contributed by atoms with Crippen LogP contribution in [0.2, 0.25) is 0 Å². The van der Waals surface area contributed by atoms with Crippen molar-refractivity contribution in [2.45, 2.75) is 51.4 Å². The minimum atomic E-state index is -0.446. The number of esters is 1. The lowest BCUT2D eigenvalue weighted by molar-refractivity contribution is -0.239. The molecule has 2 aliphatic rings. The van der Waals surface area contributed by atoms with Gasteiger partial charge in [0, 0.05) is 18.4 Å². The third-order valence-corrected chi connectivity index (χ3v) is 5.54. The summed E-state index contributed by atoms with van der Waals surface area (Å²) in [4.78, 5) is 24.7. The van der Waals surface area contributed by atoms with E-state index in [0.717, 1.165) is 30.4 Å². The number of carbonyl (C=O) groups excluding carboxylic acids is 1. The highest BCUT2D eigenvalue weighted by Crippen LogP contribution is 2.58. The lowest BCUT2D eigenvalue weighted by Gasteiger charge is -2.59. The van der Waals surface area contributed by atoms with E-state index in [1.54, 1.807) is 24.3 Å². The second kappa shape index (κ2) is 6.22. The third-order valence-electron chi connectivity index (χ3n) is 5.54. The lowest BCUT2D eigenvalue weighted by atomic mass is 9.52. The smallest absolute Gasteiger partial charge is 0.328 e. The van der Waals surface area contributed by atoms with E-state index in [4.69, 9.17) is 9.47 Å². The minimum absolute atomic E-state index is 0.00824. The van der Waals surface area contributed by atoms with Crippen LogP contribution in [0.4, 0.5) is 0 Å². The molecule has 0 radical (unpaired) electrons. The summed E-state index contributed by atoms with van der Waals surface area (Å²) in [5, 5.41) is 8.27. The Kier molecular flexibility index (Phi) is 4.03. The van der Waals surface area contributed by atoms with Crippen LogP contribution in [0.1, 0.15) is 32.6 Å². The Morgan fingerprint density at radius 2 is 2.12 bits per heavy atom. The molecule has 0 amide bonds. The molecule has 2 unspecified atom stereocenters. The van der Waals surface area contributed by atoms with Crippen molar-refractivity contribution in [3.05, 3.63) is 34.6 Å². The molecule has 7 heteroatoms. The number of hydrogen-bond acceptors (Lipinski definition) is 6. The molecule has 2 fully saturated rings. The number of ether oxygens (including phenoxy) is 2. The number of carbonyl (C=O) groups is 1. The zero-order valence-corrected chi connectivity index (χ0v) is 14.2. The van der Waals surface area contributed by atoms with Crippen LogP contribution in [-0.4, -0.2) is 39.8 Å². The maximum atomic E-state index is 12.4. The summed E-state index contributed by atoms with van der Waals surface area (Å²) in [6, 6.07) is 6.94. The van der Waals surface area contributed by atoms with Gasteiger partial charge in [-0.3, -0.25) is 9.59 Å². The molecular formula is C18H21N3O4. The Morgan fingerprint density at radius 3 is 2.84 bits per heavy atom. The molecule has 25 heavy (non-hydrogen) atoms. The topological polar surface area (TPSA) is 83.3 Å². The molecule has 0 bridgehead atoms. The number of fused-ring (bicyclic) bond motifs is 1. The van der Waals surface area contributed by atoms with Crippen LogP contribution in [-0.2, 0) is 20.8 Å². The van der Waals surface area contributed by atoms with Gasteiger partial charge in [0.25, 0.3) is 5.56 Å². The van der Waals surface area contributed by atoms with E-state index in [9.17, 15) is 9.59 Å².